The van der Waals surface area contributed by atoms with Gasteiger partial charge in [0, 0.05) is 18.1 Å². The zero-order chi connectivity index (χ0) is 20.2. The summed E-state index contributed by atoms with van der Waals surface area (Å²) in [6.07, 6.45) is 1.57. The maximum atomic E-state index is 11.1. The van der Waals surface area contributed by atoms with Crippen LogP contribution in [-0.4, -0.2) is 52.0 Å². The summed E-state index contributed by atoms with van der Waals surface area (Å²) in [5.74, 6) is -0.288. The van der Waals surface area contributed by atoms with Crippen molar-refractivity contribution in [3.8, 4) is 5.88 Å². The zero-order valence-corrected chi connectivity index (χ0v) is 16.9. The van der Waals surface area contributed by atoms with E-state index < -0.39 is 5.97 Å². The monoisotopic (exact) mass is 413 g/mol. The van der Waals surface area contributed by atoms with Gasteiger partial charge in [0.25, 0.3) is 0 Å². The van der Waals surface area contributed by atoms with Crippen molar-refractivity contribution in [2.45, 2.75) is 19.4 Å². The molecule has 1 saturated heterocycles. The minimum Gasteiger partial charge on any atom is -0.481 e. The summed E-state index contributed by atoms with van der Waals surface area (Å²) < 4.78 is 7.95. The third-order valence-electron chi connectivity index (χ3n) is 5.35. The van der Waals surface area contributed by atoms with Gasteiger partial charge in [0.1, 0.15) is 0 Å². The molecule has 152 valence electrons. The largest absolute Gasteiger partial charge is 0.481 e. The first kappa shape index (κ1) is 19.7. The second kappa shape index (κ2) is 8.84. The number of rotatable bonds is 8. The molecule has 2 heterocycles. The lowest BCUT2D eigenvalue weighted by atomic mass is 10.1. The molecular weight excluding hydrogens is 390 g/mol. The number of halogens is 1. The van der Waals surface area contributed by atoms with E-state index >= 15 is 0 Å². The summed E-state index contributed by atoms with van der Waals surface area (Å²) in [6, 6.07) is 15.8. The fraction of sp³-hybridized carbons (Fsp3) is 0.364. The average Bonchev–Trinajstić information content (AvgIpc) is 3.33. The van der Waals surface area contributed by atoms with E-state index in [-0.39, 0.29) is 5.92 Å². The molecule has 6 nitrogen and oxygen atoms in total. The molecule has 1 aromatic heterocycles. The molecule has 0 radical (unpaired) electrons. The third kappa shape index (κ3) is 4.71. The van der Waals surface area contributed by atoms with Crippen molar-refractivity contribution in [1.29, 1.82) is 0 Å². The van der Waals surface area contributed by atoms with Gasteiger partial charge in [-0.05, 0) is 49.2 Å². The van der Waals surface area contributed by atoms with Gasteiger partial charge in [-0.25, -0.2) is 0 Å². The van der Waals surface area contributed by atoms with Gasteiger partial charge < -0.3 is 14.7 Å². The van der Waals surface area contributed by atoms with E-state index in [0.29, 0.717) is 25.6 Å². The Bertz CT molecular complexity index is 987. The van der Waals surface area contributed by atoms with E-state index in [1.165, 1.54) is 0 Å². The van der Waals surface area contributed by atoms with Gasteiger partial charge in [-0.15, -0.1) is 5.10 Å². The van der Waals surface area contributed by atoms with Crippen LogP contribution in [0, 0.1) is 5.92 Å². The second-order valence-corrected chi connectivity index (χ2v) is 7.87. The van der Waals surface area contributed by atoms with Gasteiger partial charge in [0.15, 0.2) is 0 Å². The van der Waals surface area contributed by atoms with Crippen LogP contribution in [0.3, 0.4) is 0 Å². The van der Waals surface area contributed by atoms with Crippen LogP contribution in [0.15, 0.2) is 48.5 Å². The molecule has 29 heavy (non-hydrogen) atoms. The van der Waals surface area contributed by atoms with Gasteiger partial charge >= 0.3 is 5.97 Å². The predicted molar refractivity (Wildman–Crippen MR) is 113 cm³/mol. The van der Waals surface area contributed by atoms with Crippen LogP contribution in [0.4, 0.5) is 0 Å². The van der Waals surface area contributed by atoms with Crippen LogP contribution in [0.25, 0.3) is 10.9 Å². The van der Waals surface area contributed by atoms with Crippen LogP contribution >= 0.6 is 11.6 Å². The Morgan fingerprint density at radius 1 is 1.21 bits per heavy atom. The lowest BCUT2D eigenvalue weighted by molar-refractivity contribution is -0.141. The number of carboxylic acids is 1. The summed E-state index contributed by atoms with van der Waals surface area (Å²) in [7, 11) is 0. The number of carboxylic acid groups (broad SMARTS) is 1. The number of fused-ring (bicyclic) bond motifs is 1. The van der Waals surface area contributed by atoms with Crippen molar-refractivity contribution < 1.29 is 14.6 Å². The Morgan fingerprint density at radius 3 is 2.76 bits per heavy atom. The molecule has 3 aromatic rings. The highest BCUT2D eigenvalue weighted by molar-refractivity contribution is 6.30. The highest BCUT2D eigenvalue weighted by atomic mass is 35.5. The molecule has 1 aliphatic rings. The molecule has 0 amide bonds. The molecule has 0 saturated carbocycles. The first-order valence-corrected chi connectivity index (χ1v) is 10.3. The van der Waals surface area contributed by atoms with Crippen LogP contribution in [0.5, 0.6) is 5.88 Å². The van der Waals surface area contributed by atoms with Gasteiger partial charge in [-0.3, -0.25) is 9.48 Å². The van der Waals surface area contributed by atoms with E-state index in [0.717, 1.165) is 47.4 Å². The number of likely N-dealkylation sites (tertiary alicyclic amines) is 1. The molecule has 7 heteroatoms. The van der Waals surface area contributed by atoms with E-state index in [2.05, 4.69) is 10.00 Å². The summed E-state index contributed by atoms with van der Waals surface area (Å²) in [5, 5.41) is 15.5. The molecular formula is C22H24ClN3O3. The van der Waals surface area contributed by atoms with Gasteiger partial charge in [-0.1, -0.05) is 35.9 Å². The first-order chi connectivity index (χ1) is 14.1. The Hall–Kier alpha value is -2.57. The SMILES string of the molecule is O=C(O)C1CCN(CCCOc2nn(Cc3ccc(Cl)cc3)c3ccccc23)C1. The van der Waals surface area contributed by atoms with Crippen molar-refractivity contribution in [3.63, 3.8) is 0 Å². The van der Waals surface area contributed by atoms with E-state index in [1.54, 1.807) is 0 Å². The van der Waals surface area contributed by atoms with E-state index in [9.17, 15) is 4.79 Å². The molecule has 1 atom stereocenters. The molecule has 4 rings (SSSR count). The first-order valence-electron chi connectivity index (χ1n) is 9.88. The maximum absolute atomic E-state index is 11.1. The third-order valence-corrected chi connectivity index (χ3v) is 5.60. The Morgan fingerprint density at radius 2 is 2.00 bits per heavy atom. The van der Waals surface area contributed by atoms with Crippen molar-refractivity contribution >= 4 is 28.5 Å². The van der Waals surface area contributed by atoms with Crippen LogP contribution in [-0.2, 0) is 11.3 Å². The normalized spacial score (nSPS) is 17.1. The minimum absolute atomic E-state index is 0.233. The number of carbonyl (C=O) groups is 1. The Kier molecular flexibility index (Phi) is 6.02. The molecule has 0 spiro atoms. The predicted octanol–water partition coefficient (Wildman–Crippen LogP) is 3.91. The minimum atomic E-state index is -0.693. The van der Waals surface area contributed by atoms with Crippen molar-refractivity contribution in [3.05, 3.63) is 59.1 Å². The molecule has 0 bridgehead atoms. The molecule has 0 aliphatic carbocycles. The smallest absolute Gasteiger partial charge is 0.307 e. The highest BCUT2D eigenvalue weighted by Crippen LogP contribution is 2.26. The van der Waals surface area contributed by atoms with Gasteiger partial charge in [0.2, 0.25) is 5.88 Å². The second-order valence-electron chi connectivity index (χ2n) is 7.43. The molecule has 1 aliphatic heterocycles. The summed E-state index contributed by atoms with van der Waals surface area (Å²) >= 11 is 5.98. The van der Waals surface area contributed by atoms with Gasteiger partial charge in [-0.2, -0.15) is 0 Å². The van der Waals surface area contributed by atoms with Crippen LogP contribution in [0.2, 0.25) is 5.02 Å². The summed E-state index contributed by atoms with van der Waals surface area (Å²) in [5.41, 5.74) is 2.15. The zero-order valence-electron chi connectivity index (χ0n) is 16.1. The fourth-order valence-corrected chi connectivity index (χ4v) is 3.91. The number of hydrogen-bond acceptors (Lipinski definition) is 4. The van der Waals surface area contributed by atoms with Crippen molar-refractivity contribution in [1.82, 2.24) is 14.7 Å². The van der Waals surface area contributed by atoms with E-state index in [4.69, 9.17) is 21.4 Å². The van der Waals surface area contributed by atoms with Crippen LogP contribution < -0.4 is 4.74 Å². The maximum Gasteiger partial charge on any atom is 0.307 e. The number of benzene rings is 2. The molecule has 1 N–H and O–H groups in total. The quantitative estimate of drug-likeness (QED) is 0.567. The highest BCUT2D eigenvalue weighted by Gasteiger charge is 2.27. The topological polar surface area (TPSA) is 67.6 Å². The van der Waals surface area contributed by atoms with E-state index in [1.807, 2.05) is 53.2 Å². The number of nitrogens with zero attached hydrogens (tertiary/aromatic N) is 3. The molecule has 1 fully saturated rings. The number of aliphatic carboxylic acids is 1. The number of aromatic nitrogens is 2. The summed E-state index contributed by atoms with van der Waals surface area (Å²) in [4.78, 5) is 13.3. The van der Waals surface area contributed by atoms with Crippen molar-refractivity contribution in [2.75, 3.05) is 26.2 Å². The summed E-state index contributed by atoms with van der Waals surface area (Å²) in [6.45, 7) is 3.51. The fourth-order valence-electron chi connectivity index (χ4n) is 3.78. The number of ether oxygens (including phenoxy) is 1. The average molecular weight is 414 g/mol. The number of hydrogen-bond donors (Lipinski definition) is 1. The molecule has 2 aromatic carbocycles. The van der Waals surface area contributed by atoms with Crippen molar-refractivity contribution in [2.24, 2.45) is 5.92 Å². The standard InChI is InChI=1S/C22H24ClN3O3/c23-18-8-6-16(7-9-18)14-26-20-5-2-1-4-19(20)21(24-26)29-13-3-11-25-12-10-17(15-25)22(27)28/h1-2,4-9,17H,3,10-15H2,(H,27,28). The number of para-hydroxylation sites is 1. The van der Waals surface area contributed by atoms with Gasteiger partial charge in [0.05, 0.1) is 30.0 Å². The Labute approximate surface area is 174 Å². The Balaban J connectivity index is 1.38. The lowest BCUT2D eigenvalue weighted by Crippen LogP contribution is -2.25. The lowest BCUT2D eigenvalue weighted by Gasteiger charge is -2.14. The van der Waals surface area contributed by atoms with Crippen LogP contribution in [0.1, 0.15) is 18.4 Å². The molecule has 1 unspecified atom stereocenters.